The van der Waals surface area contributed by atoms with Gasteiger partial charge in [0, 0.05) is 12.1 Å². The molecule has 0 unspecified atom stereocenters. The minimum Gasteiger partial charge on any atom is -0.366 e. The van der Waals surface area contributed by atoms with E-state index in [2.05, 4.69) is 5.32 Å². The van der Waals surface area contributed by atoms with Gasteiger partial charge in [0.2, 0.25) is 11.8 Å². The standard InChI is InChI=1S/C19H19FN2O2/c20-16-7-5-15(6-8-16)19(9-2-10-19)18(24)22-12-13-3-1-4-14(11-13)17(21)23/h1,3-8,11H,2,9-10,12H2,(H2,21,23)(H,22,24). The molecule has 2 aromatic rings. The summed E-state index contributed by atoms with van der Waals surface area (Å²) in [4.78, 5) is 24.0. The Kier molecular flexibility index (Phi) is 4.34. The van der Waals surface area contributed by atoms with E-state index in [-0.39, 0.29) is 11.7 Å². The molecule has 1 fully saturated rings. The number of halogens is 1. The predicted octanol–water partition coefficient (Wildman–Crippen LogP) is 2.66. The van der Waals surface area contributed by atoms with Crippen molar-refractivity contribution in [3.63, 3.8) is 0 Å². The third kappa shape index (κ3) is 3.02. The van der Waals surface area contributed by atoms with Crippen molar-refractivity contribution in [2.24, 2.45) is 5.73 Å². The molecule has 0 aliphatic heterocycles. The van der Waals surface area contributed by atoms with Crippen molar-refractivity contribution in [1.29, 1.82) is 0 Å². The van der Waals surface area contributed by atoms with Crippen molar-refractivity contribution in [2.45, 2.75) is 31.2 Å². The minimum atomic E-state index is -0.574. The number of nitrogens with two attached hydrogens (primary N) is 1. The molecule has 3 rings (SSSR count). The lowest BCUT2D eigenvalue weighted by atomic mass is 9.64. The molecular formula is C19H19FN2O2. The molecule has 3 N–H and O–H groups in total. The molecule has 2 aromatic carbocycles. The lowest BCUT2D eigenvalue weighted by molar-refractivity contribution is -0.130. The van der Waals surface area contributed by atoms with Gasteiger partial charge in [-0.25, -0.2) is 4.39 Å². The van der Waals surface area contributed by atoms with Crippen LogP contribution in [-0.2, 0) is 16.8 Å². The van der Waals surface area contributed by atoms with Crippen LogP contribution in [0, 0.1) is 5.82 Å². The highest BCUT2D eigenvalue weighted by atomic mass is 19.1. The van der Waals surface area contributed by atoms with E-state index in [4.69, 9.17) is 5.73 Å². The van der Waals surface area contributed by atoms with Crippen LogP contribution < -0.4 is 11.1 Å². The molecule has 0 heterocycles. The summed E-state index contributed by atoms with van der Waals surface area (Å²) in [5.74, 6) is -0.869. The van der Waals surface area contributed by atoms with Crippen LogP contribution in [0.5, 0.6) is 0 Å². The Balaban J connectivity index is 1.73. The Labute approximate surface area is 139 Å². The largest absolute Gasteiger partial charge is 0.366 e. The van der Waals surface area contributed by atoms with Crippen LogP contribution in [0.3, 0.4) is 0 Å². The normalized spacial score (nSPS) is 15.4. The zero-order chi connectivity index (χ0) is 17.2. The Morgan fingerprint density at radius 2 is 1.83 bits per heavy atom. The zero-order valence-corrected chi connectivity index (χ0v) is 13.2. The van der Waals surface area contributed by atoms with Gasteiger partial charge in [0.05, 0.1) is 5.41 Å². The minimum absolute atomic E-state index is 0.0650. The number of amides is 2. The summed E-state index contributed by atoms with van der Waals surface area (Å²) in [5, 5.41) is 2.94. The second-order valence-corrected chi connectivity index (χ2v) is 6.19. The van der Waals surface area contributed by atoms with Crippen molar-refractivity contribution in [3.05, 3.63) is 71.0 Å². The van der Waals surface area contributed by atoms with Crippen LogP contribution in [0.1, 0.15) is 40.7 Å². The Morgan fingerprint density at radius 1 is 1.12 bits per heavy atom. The van der Waals surface area contributed by atoms with Crippen LogP contribution in [-0.4, -0.2) is 11.8 Å². The van der Waals surface area contributed by atoms with Gasteiger partial charge in [-0.2, -0.15) is 0 Å². The number of primary amides is 1. The van der Waals surface area contributed by atoms with Gasteiger partial charge in [0.25, 0.3) is 0 Å². The number of benzene rings is 2. The van der Waals surface area contributed by atoms with Crippen molar-refractivity contribution >= 4 is 11.8 Å². The first kappa shape index (κ1) is 16.2. The van der Waals surface area contributed by atoms with E-state index >= 15 is 0 Å². The summed E-state index contributed by atoms with van der Waals surface area (Å²) in [6, 6.07) is 13.0. The van der Waals surface area contributed by atoms with Gasteiger partial charge in [-0.15, -0.1) is 0 Å². The lowest BCUT2D eigenvalue weighted by Gasteiger charge is -2.40. The van der Waals surface area contributed by atoms with E-state index in [1.165, 1.54) is 12.1 Å². The molecule has 0 aromatic heterocycles. The molecule has 1 saturated carbocycles. The van der Waals surface area contributed by atoms with Gasteiger partial charge < -0.3 is 11.1 Å². The van der Waals surface area contributed by atoms with E-state index in [1.807, 2.05) is 6.07 Å². The molecule has 4 nitrogen and oxygen atoms in total. The third-order valence-corrected chi connectivity index (χ3v) is 4.70. The van der Waals surface area contributed by atoms with Gasteiger partial charge in [-0.05, 0) is 48.2 Å². The quantitative estimate of drug-likeness (QED) is 0.886. The Hall–Kier alpha value is -2.69. The first-order valence-electron chi connectivity index (χ1n) is 7.94. The van der Waals surface area contributed by atoms with Gasteiger partial charge >= 0.3 is 0 Å². The highest BCUT2D eigenvalue weighted by Gasteiger charge is 2.45. The van der Waals surface area contributed by atoms with E-state index in [0.29, 0.717) is 12.1 Å². The smallest absolute Gasteiger partial charge is 0.248 e. The van der Waals surface area contributed by atoms with Crippen molar-refractivity contribution in [2.75, 3.05) is 0 Å². The number of hydrogen-bond acceptors (Lipinski definition) is 2. The first-order valence-corrected chi connectivity index (χ1v) is 7.94. The number of hydrogen-bond donors (Lipinski definition) is 2. The summed E-state index contributed by atoms with van der Waals surface area (Å²) in [6.45, 7) is 0.322. The fourth-order valence-electron chi connectivity index (χ4n) is 3.13. The molecule has 0 spiro atoms. The van der Waals surface area contributed by atoms with Crippen molar-refractivity contribution < 1.29 is 14.0 Å². The molecule has 1 aliphatic rings. The summed E-state index contributed by atoms with van der Waals surface area (Å²) in [6.07, 6.45) is 2.49. The second kappa shape index (κ2) is 6.43. The second-order valence-electron chi connectivity index (χ2n) is 6.19. The maximum Gasteiger partial charge on any atom is 0.248 e. The van der Waals surface area contributed by atoms with Crippen LogP contribution in [0.2, 0.25) is 0 Å². The molecule has 124 valence electrons. The van der Waals surface area contributed by atoms with Crippen molar-refractivity contribution in [1.82, 2.24) is 5.32 Å². The zero-order valence-electron chi connectivity index (χ0n) is 13.2. The monoisotopic (exact) mass is 326 g/mol. The predicted molar refractivity (Wildman–Crippen MR) is 88.7 cm³/mol. The molecule has 0 atom stereocenters. The molecule has 1 aliphatic carbocycles. The first-order chi connectivity index (χ1) is 11.5. The average molecular weight is 326 g/mol. The highest BCUT2D eigenvalue weighted by Crippen LogP contribution is 2.44. The average Bonchev–Trinajstić information content (AvgIpc) is 2.54. The van der Waals surface area contributed by atoms with Gasteiger partial charge in [0.15, 0.2) is 0 Å². The summed E-state index contributed by atoms with van der Waals surface area (Å²) >= 11 is 0. The fourth-order valence-corrected chi connectivity index (χ4v) is 3.13. The number of carbonyl (C=O) groups excluding carboxylic acids is 2. The molecule has 0 radical (unpaired) electrons. The number of nitrogens with one attached hydrogen (secondary N) is 1. The van der Waals surface area contributed by atoms with Crippen LogP contribution in [0.15, 0.2) is 48.5 Å². The molecule has 24 heavy (non-hydrogen) atoms. The van der Waals surface area contributed by atoms with E-state index in [1.54, 1.807) is 30.3 Å². The molecule has 0 saturated heterocycles. The SMILES string of the molecule is NC(=O)c1cccc(CNC(=O)C2(c3ccc(F)cc3)CCC2)c1. The summed E-state index contributed by atoms with van der Waals surface area (Å²) in [5.41, 5.74) is 6.77. The van der Waals surface area contributed by atoms with E-state index in [9.17, 15) is 14.0 Å². The molecular weight excluding hydrogens is 307 g/mol. The number of rotatable bonds is 5. The topological polar surface area (TPSA) is 72.2 Å². The van der Waals surface area contributed by atoms with Gasteiger partial charge in [-0.1, -0.05) is 30.7 Å². The van der Waals surface area contributed by atoms with Crippen LogP contribution in [0.4, 0.5) is 4.39 Å². The summed E-state index contributed by atoms with van der Waals surface area (Å²) in [7, 11) is 0. The third-order valence-electron chi connectivity index (χ3n) is 4.70. The van der Waals surface area contributed by atoms with Crippen LogP contribution in [0.25, 0.3) is 0 Å². The molecule has 5 heteroatoms. The number of carbonyl (C=O) groups is 2. The maximum atomic E-state index is 13.1. The molecule has 2 amide bonds. The fraction of sp³-hybridized carbons (Fsp3) is 0.263. The maximum absolute atomic E-state index is 13.1. The Bertz CT molecular complexity index is 767. The lowest BCUT2D eigenvalue weighted by Crippen LogP contribution is -2.49. The van der Waals surface area contributed by atoms with Crippen molar-refractivity contribution in [3.8, 4) is 0 Å². The highest BCUT2D eigenvalue weighted by molar-refractivity contribution is 5.93. The Morgan fingerprint density at radius 3 is 2.42 bits per heavy atom. The van der Waals surface area contributed by atoms with Gasteiger partial charge in [-0.3, -0.25) is 9.59 Å². The summed E-state index contributed by atoms with van der Waals surface area (Å²) < 4.78 is 13.1. The van der Waals surface area contributed by atoms with E-state index in [0.717, 1.165) is 30.4 Å². The van der Waals surface area contributed by atoms with Crippen LogP contribution >= 0.6 is 0 Å². The van der Waals surface area contributed by atoms with E-state index < -0.39 is 11.3 Å². The molecule has 0 bridgehead atoms. The van der Waals surface area contributed by atoms with Gasteiger partial charge in [0.1, 0.15) is 5.82 Å².